The highest BCUT2D eigenvalue weighted by molar-refractivity contribution is 6.36. The SMILES string of the molecule is C[C@H]1CN[C@@H](c2c(Cl)cccc2Cl)C1. The third-order valence-electron chi connectivity index (χ3n) is 2.70. The molecule has 2 atom stereocenters. The fourth-order valence-corrected chi connectivity index (χ4v) is 2.64. The van der Waals surface area contributed by atoms with Gasteiger partial charge in [0.15, 0.2) is 0 Å². The van der Waals surface area contributed by atoms with Crippen molar-refractivity contribution in [2.75, 3.05) is 6.54 Å². The first kappa shape index (κ1) is 10.3. The molecule has 0 spiro atoms. The summed E-state index contributed by atoms with van der Waals surface area (Å²) in [6, 6.07) is 6.00. The Balaban J connectivity index is 2.31. The van der Waals surface area contributed by atoms with Gasteiger partial charge in [0.05, 0.1) is 0 Å². The zero-order chi connectivity index (χ0) is 10.1. The van der Waals surface area contributed by atoms with Gasteiger partial charge in [-0.25, -0.2) is 0 Å². The Morgan fingerprint density at radius 1 is 1.29 bits per heavy atom. The molecule has 1 saturated heterocycles. The van der Waals surface area contributed by atoms with Crippen LogP contribution in [0.3, 0.4) is 0 Å². The van der Waals surface area contributed by atoms with Crippen LogP contribution in [0.4, 0.5) is 0 Å². The molecular weight excluding hydrogens is 217 g/mol. The van der Waals surface area contributed by atoms with Gasteiger partial charge in [0.1, 0.15) is 0 Å². The summed E-state index contributed by atoms with van der Waals surface area (Å²) in [5, 5.41) is 4.97. The van der Waals surface area contributed by atoms with Crippen molar-refractivity contribution in [3.63, 3.8) is 0 Å². The molecule has 0 radical (unpaired) electrons. The molecule has 1 aliphatic rings. The second-order valence-corrected chi connectivity index (χ2v) is 4.75. The van der Waals surface area contributed by atoms with Crippen molar-refractivity contribution in [1.82, 2.24) is 5.32 Å². The predicted octanol–water partition coefficient (Wildman–Crippen LogP) is 3.66. The standard InChI is InChI=1S/C11H13Cl2N/c1-7-5-10(14-6-7)11-8(12)3-2-4-9(11)13/h2-4,7,10,14H,5-6H2,1H3/t7-,10-/m1/s1. The van der Waals surface area contributed by atoms with E-state index in [4.69, 9.17) is 23.2 Å². The molecule has 1 fully saturated rings. The van der Waals surface area contributed by atoms with Crippen LogP contribution in [0.2, 0.25) is 10.0 Å². The summed E-state index contributed by atoms with van der Waals surface area (Å²) >= 11 is 12.3. The number of halogens is 2. The number of benzene rings is 1. The van der Waals surface area contributed by atoms with Crippen molar-refractivity contribution in [3.05, 3.63) is 33.8 Å². The highest BCUT2D eigenvalue weighted by Crippen LogP contribution is 2.35. The molecule has 0 aromatic heterocycles. The monoisotopic (exact) mass is 229 g/mol. The number of hydrogen-bond acceptors (Lipinski definition) is 1. The summed E-state index contributed by atoms with van der Waals surface area (Å²) in [7, 11) is 0. The van der Waals surface area contributed by atoms with E-state index >= 15 is 0 Å². The number of nitrogens with one attached hydrogen (secondary N) is 1. The van der Waals surface area contributed by atoms with E-state index < -0.39 is 0 Å². The van der Waals surface area contributed by atoms with Crippen molar-refractivity contribution < 1.29 is 0 Å². The van der Waals surface area contributed by atoms with Gasteiger partial charge in [0.25, 0.3) is 0 Å². The van der Waals surface area contributed by atoms with E-state index in [9.17, 15) is 0 Å². The van der Waals surface area contributed by atoms with Crippen LogP contribution in [0.5, 0.6) is 0 Å². The van der Waals surface area contributed by atoms with E-state index in [1.165, 1.54) is 0 Å². The van der Waals surface area contributed by atoms with Crippen molar-refractivity contribution in [2.45, 2.75) is 19.4 Å². The molecule has 2 rings (SSSR count). The molecule has 0 bridgehead atoms. The normalized spacial score (nSPS) is 26.8. The second kappa shape index (κ2) is 4.09. The molecule has 14 heavy (non-hydrogen) atoms. The molecule has 1 aliphatic heterocycles. The lowest BCUT2D eigenvalue weighted by molar-refractivity contribution is 0.612. The van der Waals surface area contributed by atoms with Crippen LogP contribution in [0, 0.1) is 5.92 Å². The second-order valence-electron chi connectivity index (χ2n) is 3.94. The van der Waals surface area contributed by atoms with Gasteiger partial charge in [-0.15, -0.1) is 0 Å². The summed E-state index contributed by atoms with van der Waals surface area (Å²) in [5.41, 5.74) is 1.06. The Labute approximate surface area is 94.4 Å². The Hall–Kier alpha value is -0.240. The van der Waals surface area contributed by atoms with E-state index in [1.54, 1.807) is 0 Å². The minimum Gasteiger partial charge on any atom is -0.310 e. The first-order valence-electron chi connectivity index (χ1n) is 4.85. The molecule has 1 heterocycles. The highest BCUT2D eigenvalue weighted by Gasteiger charge is 2.25. The lowest BCUT2D eigenvalue weighted by Crippen LogP contribution is -2.14. The van der Waals surface area contributed by atoms with Gasteiger partial charge in [0.2, 0.25) is 0 Å². The fourth-order valence-electron chi connectivity index (χ4n) is 1.98. The summed E-state index contributed by atoms with van der Waals surface area (Å²) in [6.07, 6.45) is 1.11. The van der Waals surface area contributed by atoms with Gasteiger partial charge in [-0.05, 0) is 31.0 Å². The average molecular weight is 230 g/mol. The molecule has 3 heteroatoms. The molecule has 0 amide bonds. The Bertz CT molecular complexity index is 318. The largest absolute Gasteiger partial charge is 0.310 e. The maximum atomic E-state index is 6.13. The molecule has 1 nitrogen and oxygen atoms in total. The van der Waals surface area contributed by atoms with Crippen LogP contribution < -0.4 is 5.32 Å². The quantitative estimate of drug-likeness (QED) is 0.776. The first-order chi connectivity index (χ1) is 6.68. The maximum Gasteiger partial charge on any atom is 0.0468 e. The van der Waals surface area contributed by atoms with E-state index in [0.29, 0.717) is 12.0 Å². The molecule has 1 aromatic carbocycles. The predicted molar refractivity (Wildman–Crippen MR) is 61.0 cm³/mol. The van der Waals surface area contributed by atoms with Gasteiger partial charge in [-0.3, -0.25) is 0 Å². The van der Waals surface area contributed by atoms with Crippen LogP contribution in [-0.2, 0) is 0 Å². The van der Waals surface area contributed by atoms with Crippen LogP contribution in [0.1, 0.15) is 24.9 Å². The molecular formula is C11H13Cl2N. The average Bonchev–Trinajstić information content (AvgIpc) is 2.51. The molecule has 1 N–H and O–H groups in total. The topological polar surface area (TPSA) is 12.0 Å². The van der Waals surface area contributed by atoms with Gasteiger partial charge in [-0.2, -0.15) is 0 Å². The molecule has 0 unspecified atom stereocenters. The summed E-state index contributed by atoms with van der Waals surface area (Å²) in [6.45, 7) is 3.28. The minimum absolute atomic E-state index is 0.325. The summed E-state index contributed by atoms with van der Waals surface area (Å²) < 4.78 is 0. The number of hydrogen-bond donors (Lipinski definition) is 1. The van der Waals surface area contributed by atoms with E-state index in [-0.39, 0.29) is 0 Å². The van der Waals surface area contributed by atoms with Gasteiger partial charge >= 0.3 is 0 Å². The molecule has 1 aromatic rings. The van der Waals surface area contributed by atoms with Crippen molar-refractivity contribution >= 4 is 23.2 Å². The fraction of sp³-hybridized carbons (Fsp3) is 0.455. The lowest BCUT2D eigenvalue weighted by atomic mass is 10.0. The van der Waals surface area contributed by atoms with E-state index in [2.05, 4.69) is 12.2 Å². The van der Waals surface area contributed by atoms with Crippen molar-refractivity contribution in [3.8, 4) is 0 Å². The first-order valence-corrected chi connectivity index (χ1v) is 5.61. The smallest absolute Gasteiger partial charge is 0.0468 e. The molecule has 0 aliphatic carbocycles. The van der Waals surface area contributed by atoms with Crippen LogP contribution in [0.15, 0.2) is 18.2 Å². The Morgan fingerprint density at radius 3 is 2.43 bits per heavy atom. The molecule has 76 valence electrons. The third kappa shape index (κ3) is 1.90. The lowest BCUT2D eigenvalue weighted by Gasteiger charge is -2.14. The maximum absolute atomic E-state index is 6.13. The molecule has 0 saturated carbocycles. The van der Waals surface area contributed by atoms with Crippen LogP contribution >= 0.6 is 23.2 Å². The highest BCUT2D eigenvalue weighted by atomic mass is 35.5. The zero-order valence-electron chi connectivity index (χ0n) is 8.06. The minimum atomic E-state index is 0.325. The van der Waals surface area contributed by atoms with Crippen LogP contribution in [0.25, 0.3) is 0 Å². The zero-order valence-corrected chi connectivity index (χ0v) is 9.57. The van der Waals surface area contributed by atoms with E-state index in [0.717, 1.165) is 28.6 Å². The van der Waals surface area contributed by atoms with Gasteiger partial charge in [0, 0.05) is 21.7 Å². The Kier molecular flexibility index (Phi) is 3.01. The van der Waals surface area contributed by atoms with Crippen molar-refractivity contribution in [1.29, 1.82) is 0 Å². The van der Waals surface area contributed by atoms with Crippen molar-refractivity contribution in [2.24, 2.45) is 5.92 Å². The van der Waals surface area contributed by atoms with Gasteiger partial charge in [-0.1, -0.05) is 36.2 Å². The number of rotatable bonds is 1. The summed E-state index contributed by atoms with van der Waals surface area (Å²) in [4.78, 5) is 0. The summed E-state index contributed by atoms with van der Waals surface area (Å²) in [5.74, 6) is 0.701. The Morgan fingerprint density at radius 2 is 1.93 bits per heavy atom. The third-order valence-corrected chi connectivity index (χ3v) is 3.36. The van der Waals surface area contributed by atoms with Crippen LogP contribution in [-0.4, -0.2) is 6.54 Å². The van der Waals surface area contributed by atoms with Gasteiger partial charge < -0.3 is 5.32 Å². The van der Waals surface area contributed by atoms with E-state index in [1.807, 2.05) is 18.2 Å².